The molecule has 2 amide bonds. The largest absolute Gasteiger partial charge is 0.322 e. The van der Waals surface area contributed by atoms with Crippen LogP contribution in [0.2, 0.25) is 0 Å². The first-order valence-electron chi connectivity index (χ1n) is 4.25. The Morgan fingerprint density at radius 2 is 1.86 bits per heavy atom. The van der Waals surface area contributed by atoms with E-state index < -0.39 is 5.91 Å². The Morgan fingerprint density at radius 1 is 1.29 bits per heavy atom. The molecule has 1 rings (SSSR count). The second-order valence-electron chi connectivity index (χ2n) is 2.79. The molecule has 0 saturated heterocycles. The van der Waals surface area contributed by atoms with Gasteiger partial charge in [-0.2, -0.15) is 0 Å². The highest BCUT2D eigenvalue weighted by atomic mass is 16.2. The van der Waals surface area contributed by atoms with E-state index in [1.54, 1.807) is 24.3 Å². The summed E-state index contributed by atoms with van der Waals surface area (Å²) in [4.78, 5) is 23.6. The van der Waals surface area contributed by atoms with Crippen molar-refractivity contribution >= 4 is 17.5 Å². The highest BCUT2D eigenvalue weighted by Crippen LogP contribution is 2.13. The van der Waals surface area contributed by atoms with Crippen LogP contribution in [-0.4, -0.2) is 18.4 Å². The number of carbonyl (C=O) groups is 2. The molecule has 0 fully saturated rings. The second-order valence-corrected chi connectivity index (χ2v) is 2.79. The van der Waals surface area contributed by atoms with Gasteiger partial charge >= 0.3 is 0 Å². The molecule has 0 saturated carbocycles. The summed E-state index contributed by atoms with van der Waals surface area (Å²) in [6.45, 7) is 1.16. The summed E-state index contributed by atoms with van der Waals surface area (Å²) in [7, 11) is 0. The molecule has 14 heavy (non-hydrogen) atoms. The maximum Gasteiger partial charge on any atom is 0.247 e. The fourth-order valence-corrected chi connectivity index (χ4v) is 1.17. The van der Waals surface area contributed by atoms with Crippen LogP contribution in [-0.2, 0) is 9.59 Å². The normalized spacial score (nSPS) is 9.57. The lowest BCUT2D eigenvalue weighted by Gasteiger charge is -2.17. The van der Waals surface area contributed by atoms with E-state index in [4.69, 9.17) is 5.73 Å². The first-order chi connectivity index (χ1) is 6.66. The number of carbonyl (C=O) groups excluding carboxylic acids is 2. The summed E-state index contributed by atoms with van der Waals surface area (Å²) in [5.41, 5.74) is 5.76. The number of para-hydroxylation sites is 1. The summed E-state index contributed by atoms with van der Waals surface area (Å²) in [5.74, 6) is -0.727. The van der Waals surface area contributed by atoms with Crippen LogP contribution in [0.25, 0.3) is 0 Å². The monoisotopic (exact) mass is 192 g/mol. The lowest BCUT2D eigenvalue weighted by molar-refractivity contribution is -0.124. The summed E-state index contributed by atoms with van der Waals surface area (Å²) >= 11 is 0. The molecule has 1 aromatic carbocycles. The third kappa shape index (κ3) is 2.17. The number of rotatable bonds is 2. The minimum Gasteiger partial charge on any atom is -0.322 e. The molecule has 0 atom stereocenters. The van der Waals surface area contributed by atoms with Crippen molar-refractivity contribution in [1.29, 1.82) is 0 Å². The maximum atomic E-state index is 11.3. The molecule has 0 unspecified atom stereocenters. The van der Waals surface area contributed by atoms with E-state index in [9.17, 15) is 9.59 Å². The van der Waals surface area contributed by atoms with Gasteiger partial charge in [-0.1, -0.05) is 18.2 Å². The Bertz CT molecular complexity index is 335. The van der Waals surface area contributed by atoms with Crippen molar-refractivity contribution in [3.63, 3.8) is 0 Å². The molecule has 0 radical (unpaired) electrons. The molecule has 0 heterocycles. The quantitative estimate of drug-likeness (QED) is 0.743. The topological polar surface area (TPSA) is 63.4 Å². The number of nitrogens with two attached hydrogens (primary N) is 1. The smallest absolute Gasteiger partial charge is 0.247 e. The highest BCUT2D eigenvalue weighted by molar-refractivity contribution is 6.14. The van der Waals surface area contributed by atoms with Crippen molar-refractivity contribution in [3.05, 3.63) is 30.3 Å². The molecule has 0 spiro atoms. The van der Waals surface area contributed by atoms with Crippen LogP contribution >= 0.6 is 0 Å². The van der Waals surface area contributed by atoms with Crippen LogP contribution < -0.4 is 10.6 Å². The summed E-state index contributed by atoms with van der Waals surface area (Å²) in [6.07, 6.45) is 0. The van der Waals surface area contributed by atoms with Crippen molar-refractivity contribution in [2.75, 3.05) is 11.4 Å². The molecule has 2 N–H and O–H groups in total. The lowest BCUT2D eigenvalue weighted by Crippen LogP contribution is -2.39. The van der Waals surface area contributed by atoms with Gasteiger partial charge in [0.2, 0.25) is 11.8 Å². The van der Waals surface area contributed by atoms with Gasteiger partial charge in [0.1, 0.15) is 0 Å². The van der Waals surface area contributed by atoms with E-state index in [-0.39, 0.29) is 12.5 Å². The predicted molar refractivity (Wildman–Crippen MR) is 53.7 cm³/mol. The maximum absolute atomic E-state index is 11.3. The third-order valence-electron chi connectivity index (χ3n) is 1.75. The van der Waals surface area contributed by atoms with Crippen molar-refractivity contribution in [3.8, 4) is 0 Å². The number of imide groups is 1. The van der Waals surface area contributed by atoms with E-state index in [0.717, 1.165) is 4.90 Å². The Balaban J connectivity index is 3.01. The van der Waals surface area contributed by atoms with Crippen LogP contribution in [0.4, 0.5) is 5.69 Å². The van der Waals surface area contributed by atoms with Crippen molar-refractivity contribution in [1.82, 2.24) is 0 Å². The molecule has 4 heteroatoms. The van der Waals surface area contributed by atoms with Gasteiger partial charge in [0.05, 0.1) is 12.2 Å². The minimum absolute atomic E-state index is 0.172. The highest BCUT2D eigenvalue weighted by Gasteiger charge is 2.17. The van der Waals surface area contributed by atoms with Crippen LogP contribution in [0, 0.1) is 0 Å². The Hall–Kier alpha value is -1.68. The fraction of sp³-hybridized carbons (Fsp3) is 0.200. The van der Waals surface area contributed by atoms with Gasteiger partial charge in [-0.15, -0.1) is 0 Å². The second kappa shape index (κ2) is 4.53. The van der Waals surface area contributed by atoms with Crippen LogP contribution in [0.1, 0.15) is 6.92 Å². The Kier molecular flexibility index (Phi) is 3.36. The standard InChI is InChI=1S/C10H12N2O2/c1-8(13)12(10(14)7-11)9-5-3-2-4-6-9/h2-6H,7,11H2,1H3. The lowest BCUT2D eigenvalue weighted by atomic mass is 10.3. The number of nitrogens with zero attached hydrogens (tertiary/aromatic N) is 1. The third-order valence-corrected chi connectivity index (χ3v) is 1.75. The number of benzene rings is 1. The number of anilines is 1. The Labute approximate surface area is 82.3 Å². The average Bonchev–Trinajstić information content (AvgIpc) is 2.19. The van der Waals surface area contributed by atoms with Crippen molar-refractivity contribution < 1.29 is 9.59 Å². The summed E-state index contributed by atoms with van der Waals surface area (Å²) in [6, 6.07) is 8.71. The molecule has 0 aliphatic heterocycles. The number of amides is 2. The van der Waals surface area contributed by atoms with E-state index >= 15 is 0 Å². The minimum atomic E-state index is -0.399. The zero-order valence-corrected chi connectivity index (χ0v) is 7.93. The van der Waals surface area contributed by atoms with Crippen LogP contribution in [0.15, 0.2) is 30.3 Å². The van der Waals surface area contributed by atoms with Crippen LogP contribution in [0.5, 0.6) is 0 Å². The molecule has 4 nitrogen and oxygen atoms in total. The number of hydrogen-bond acceptors (Lipinski definition) is 3. The van der Waals surface area contributed by atoms with Crippen molar-refractivity contribution in [2.24, 2.45) is 5.73 Å². The van der Waals surface area contributed by atoms with E-state index in [2.05, 4.69) is 0 Å². The number of hydrogen-bond donors (Lipinski definition) is 1. The van der Waals surface area contributed by atoms with Crippen molar-refractivity contribution in [2.45, 2.75) is 6.92 Å². The van der Waals surface area contributed by atoms with E-state index in [1.165, 1.54) is 6.92 Å². The zero-order valence-electron chi connectivity index (χ0n) is 7.93. The molecule has 0 bridgehead atoms. The summed E-state index contributed by atoms with van der Waals surface area (Å²) in [5, 5.41) is 0. The van der Waals surface area contributed by atoms with Crippen LogP contribution in [0.3, 0.4) is 0 Å². The fourth-order valence-electron chi connectivity index (χ4n) is 1.17. The molecule has 0 aliphatic rings. The van der Waals surface area contributed by atoms with Gasteiger partial charge in [-0.3, -0.25) is 9.59 Å². The first-order valence-corrected chi connectivity index (χ1v) is 4.25. The predicted octanol–water partition coefficient (Wildman–Crippen LogP) is 0.525. The molecule has 1 aromatic rings. The SMILES string of the molecule is CC(=O)N(C(=O)CN)c1ccccc1. The average molecular weight is 192 g/mol. The van der Waals surface area contributed by atoms with E-state index in [1.807, 2.05) is 6.07 Å². The molecular formula is C10H12N2O2. The summed E-state index contributed by atoms with van der Waals surface area (Å²) < 4.78 is 0. The first kappa shape index (κ1) is 10.4. The molecular weight excluding hydrogens is 180 g/mol. The van der Waals surface area contributed by atoms with E-state index in [0.29, 0.717) is 5.69 Å². The van der Waals surface area contributed by atoms with Gasteiger partial charge in [-0.25, -0.2) is 4.90 Å². The van der Waals surface area contributed by atoms with Gasteiger partial charge in [0.25, 0.3) is 0 Å². The zero-order chi connectivity index (χ0) is 10.6. The van der Waals surface area contributed by atoms with Gasteiger partial charge in [0, 0.05) is 6.92 Å². The van der Waals surface area contributed by atoms with Gasteiger partial charge in [-0.05, 0) is 12.1 Å². The Morgan fingerprint density at radius 3 is 2.29 bits per heavy atom. The molecule has 0 aromatic heterocycles. The van der Waals surface area contributed by atoms with Gasteiger partial charge in [0.15, 0.2) is 0 Å². The molecule has 74 valence electrons. The van der Waals surface area contributed by atoms with Gasteiger partial charge < -0.3 is 5.73 Å². The molecule has 0 aliphatic carbocycles.